The predicted octanol–water partition coefficient (Wildman–Crippen LogP) is 2.18. The van der Waals surface area contributed by atoms with Crippen molar-refractivity contribution in [2.45, 2.75) is 19.9 Å². The van der Waals surface area contributed by atoms with Gasteiger partial charge in [-0.3, -0.25) is 9.59 Å². The summed E-state index contributed by atoms with van der Waals surface area (Å²) in [5.74, 6) is -0.462. The maximum Gasteiger partial charge on any atom is 0.253 e. The first-order valence-corrected chi connectivity index (χ1v) is 6.49. The van der Waals surface area contributed by atoms with Gasteiger partial charge in [0.25, 0.3) is 5.91 Å². The Hall–Kier alpha value is -1.55. The van der Waals surface area contributed by atoms with Crippen molar-refractivity contribution in [3.05, 3.63) is 34.9 Å². The highest BCUT2D eigenvalue weighted by Crippen LogP contribution is 2.15. The van der Waals surface area contributed by atoms with Gasteiger partial charge in [-0.1, -0.05) is 37.6 Å². The van der Waals surface area contributed by atoms with Crippen molar-refractivity contribution in [3.8, 4) is 0 Å². The molecule has 0 heterocycles. The fourth-order valence-electron chi connectivity index (χ4n) is 1.66. The lowest BCUT2D eigenvalue weighted by Crippen LogP contribution is -2.49. The number of nitrogens with one attached hydrogen (secondary N) is 1. The normalized spacial score (nSPS) is 12.1. The molecule has 1 atom stereocenters. The zero-order valence-electron chi connectivity index (χ0n) is 11.6. The predicted molar refractivity (Wildman–Crippen MR) is 76.2 cm³/mol. The number of hydrogen-bond acceptors (Lipinski definition) is 2. The molecule has 0 saturated carbocycles. The minimum Gasteiger partial charge on any atom is -0.347 e. The van der Waals surface area contributed by atoms with Gasteiger partial charge in [-0.15, -0.1) is 0 Å². The van der Waals surface area contributed by atoms with Crippen molar-refractivity contribution in [1.82, 2.24) is 10.2 Å². The van der Waals surface area contributed by atoms with Gasteiger partial charge >= 0.3 is 0 Å². The van der Waals surface area contributed by atoms with Gasteiger partial charge in [-0.05, 0) is 18.1 Å². The van der Waals surface area contributed by atoms with E-state index in [9.17, 15) is 9.59 Å². The van der Waals surface area contributed by atoms with E-state index in [0.717, 1.165) is 0 Å². The van der Waals surface area contributed by atoms with Crippen molar-refractivity contribution in [3.63, 3.8) is 0 Å². The molecule has 0 aliphatic carbocycles. The lowest BCUT2D eigenvalue weighted by Gasteiger charge is -2.24. The Kier molecular flexibility index (Phi) is 5.36. The first-order chi connectivity index (χ1) is 8.84. The van der Waals surface area contributed by atoms with Crippen LogP contribution in [-0.4, -0.2) is 36.9 Å². The second-order valence-corrected chi connectivity index (χ2v) is 5.31. The number of carbonyl (C=O) groups excluding carboxylic acids is 2. The lowest BCUT2D eigenvalue weighted by atomic mass is 10.0. The summed E-state index contributed by atoms with van der Waals surface area (Å²) in [4.78, 5) is 25.6. The zero-order valence-corrected chi connectivity index (χ0v) is 12.4. The lowest BCUT2D eigenvalue weighted by molar-refractivity contribution is -0.131. The van der Waals surface area contributed by atoms with Gasteiger partial charge in [0.05, 0.1) is 10.6 Å². The smallest absolute Gasteiger partial charge is 0.253 e. The number of hydrogen-bond donors (Lipinski definition) is 1. The van der Waals surface area contributed by atoms with Crippen LogP contribution in [0.5, 0.6) is 0 Å². The topological polar surface area (TPSA) is 49.4 Å². The van der Waals surface area contributed by atoms with Crippen molar-refractivity contribution < 1.29 is 9.59 Å². The van der Waals surface area contributed by atoms with E-state index in [1.165, 1.54) is 4.90 Å². The summed E-state index contributed by atoms with van der Waals surface area (Å²) in [6.45, 7) is 3.78. The fourth-order valence-corrected chi connectivity index (χ4v) is 1.88. The number of rotatable bonds is 4. The van der Waals surface area contributed by atoms with Crippen LogP contribution in [0.2, 0.25) is 5.02 Å². The van der Waals surface area contributed by atoms with Crippen molar-refractivity contribution >= 4 is 23.4 Å². The maximum absolute atomic E-state index is 12.1. The molecule has 2 amide bonds. The third kappa shape index (κ3) is 3.96. The van der Waals surface area contributed by atoms with E-state index in [-0.39, 0.29) is 17.7 Å². The monoisotopic (exact) mass is 282 g/mol. The molecule has 5 heteroatoms. The molecule has 0 unspecified atom stereocenters. The van der Waals surface area contributed by atoms with Crippen LogP contribution in [0.15, 0.2) is 24.3 Å². The molecular formula is C14H19ClN2O2. The van der Waals surface area contributed by atoms with Crippen LogP contribution in [0.4, 0.5) is 0 Å². The van der Waals surface area contributed by atoms with Gasteiger partial charge in [-0.25, -0.2) is 0 Å². The Morgan fingerprint density at radius 1 is 1.21 bits per heavy atom. The number of amides is 2. The van der Waals surface area contributed by atoms with Gasteiger partial charge in [0.15, 0.2) is 0 Å². The van der Waals surface area contributed by atoms with Crippen LogP contribution < -0.4 is 5.32 Å². The van der Waals surface area contributed by atoms with Crippen molar-refractivity contribution in [1.29, 1.82) is 0 Å². The summed E-state index contributed by atoms with van der Waals surface area (Å²) >= 11 is 5.97. The van der Waals surface area contributed by atoms with Crippen LogP contribution >= 0.6 is 11.6 Å². The highest BCUT2D eigenvalue weighted by atomic mass is 35.5. The Morgan fingerprint density at radius 3 is 2.26 bits per heavy atom. The molecule has 0 saturated heterocycles. The molecule has 104 valence electrons. The van der Waals surface area contributed by atoms with Gasteiger partial charge in [0.2, 0.25) is 5.91 Å². The summed E-state index contributed by atoms with van der Waals surface area (Å²) in [7, 11) is 3.33. The van der Waals surface area contributed by atoms with E-state index >= 15 is 0 Å². The summed E-state index contributed by atoms with van der Waals surface area (Å²) in [6.07, 6.45) is 0. The molecule has 0 radical (unpaired) electrons. The Morgan fingerprint density at radius 2 is 1.79 bits per heavy atom. The summed E-state index contributed by atoms with van der Waals surface area (Å²) in [5, 5.41) is 3.11. The molecular weight excluding hydrogens is 264 g/mol. The number of nitrogens with zero attached hydrogens (tertiary/aromatic N) is 1. The Bertz CT molecular complexity index is 472. The second kappa shape index (κ2) is 6.57. The van der Waals surface area contributed by atoms with Crippen LogP contribution in [0.3, 0.4) is 0 Å². The molecule has 0 spiro atoms. The first kappa shape index (κ1) is 15.5. The van der Waals surface area contributed by atoms with Gasteiger partial charge in [0.1, 0.15) is 6.04 Å². The van der Waals surface area contributed by atoms with Crippen LogP contribution in [-0.2, 0) is 4.79 Å². The molecule has 0 aromatic heterocycles. The number of carbonyl (C=O) groups is 2. The van der Waals surface area contributed by atoms with Crippen molar-refractivity contribution in [2.75, 3.05) is 14.1 Å². The molecule has 0 aliphatic heterocycles. The van der Waals surface area contributed by atoms with Crippen LogP contribution in [0.1, 0.15) is 24.2 Å². The average molecular weight is 283 g/mol. The molecule has 1 aromatic carbocycles. The SMILES string of the molecule is CC(C)[C@@H](NC(=O)c1ccccc1Cl)C(=O)N(C)C. The first-order valence-electron chi connectivity index (χ1n) is 6.11. The van der Waals surface area contributed by atoms with E-state index < -0.39 is 6.04 Å². The van der Waals surface area contributed by atoms with E-state index in [1.54, 1.807) is 38.4 Å². The van der Waals surface area contributed by atoms with Gasteiger partial charge < -0.3 is 10.2 Å². The largest absolute Gasteiger partial charge is 0.347 e. The van der Waals surface area contributed by atoms with Crippen LogP contribution in [0.25, 0.3) is 0 Å². The summed E-state index contributed by atoms with van der Waals surface area (Å²) in [5.41, 5.74) is 0.376. The van der Waals surface area contributed by atoms with Crippen molar-refractivity contribution in [2.24, 2.45) is 5.92 Å². The molecule has 19 heavy (non-hydrogen) atoms. The number of likely N-dealkylation sites (N-methyl/N-ethyl adjacent to an activating group) is 1. The minimum atomic E-state index is -0.557. The highest BCUT2D eigenvalue weighted by molar-refractivity contribution is 6.33. The van der Waals surface area contributed by atoms with Gasteiger partial charge in [0, 0.05) is 14.1 Å². The molecule has 0 aliphatic rings. The fraction of sp³-hybridized carbons (Fsp3) is 0.429. The average Bonchev–Trinajstić information content (AvgIpc) is 2.34. The summed E-state index contributed by atoms with van der Waals surface area (Å²) < 4.78 is 0. The number of halogens is 1. The Balaban J connectivity index is 2.89. The number of benzene rings is 1. The third-order valence-corrected chi connectivity index (χ3v) is 3.11. The highest BCUT2D eigenvalue weighted by Gasteiger charge is 2.26. The second-order valence-electron chi connectivity index (χ2n) is 4.91. The third-order valence-electron chi connectivity index (χ3n) is 2.78. The molecule has 1 N–H and O–H groups in total. The molecule has 1 aromatic rings. The molecule has 4 nitrogen and oxygen atoms in total. The van der Waals surface area contributed by atoms with E-state index in [0.29, 0.717) is 10.6 Å². The van der Waals surface area contributed by atoms with Crippen LogP contribution in [0, 0.1) is 5.92 Å². The minimum absolute atomic E-state index is 0.00124. The standard InChI is InChI=1S/C14H19ClN2O2/c1-9(2)12(14(19)17(3)4)16-13(18)10-7-5-6-8-11(10)15/h5-9,12H,1-4H3,(H,16,18)/t12-/m1/s1. The van der Waals surface area contributed by atoms with E-state index in [1.807, 2.05) is 13.8 Å². The van der Waals surface area contributed by atoms with Gasteiger partial charge in [-0.2, -0.15) is 0 Å². The molecule has 1 rings (SSSR count). The molecule has 0 fully saturated rings. The molecule has 0 bridgehead atoms. The quantitative estimate of drug-likeness (QED) is 0.920. The Labute approximate surface area is 118 Å². The zero-order chi connectivity index (χ0) is 14.6. The maximum atomic E-state index is 12.1. The van der Waals surface area contributed by atoms with E-state index in [4.69, 9.17) is 11.6 Å². The van der Waals surface area contributed by atoms with E-state index in [2.05, 4.69) is 5.32 Å². The summed E-state index contributed by atoms with van der Waals surface area (Å²) in [6, 6.07) is 6.21.